The molecule has 0 bridgehead atoms. The van der Waals surface area contributed by atoms with E-state index in [1.807, 2.05) is 23.9 Å². The lowest BCUT2D eigenvalue weighted by atomic mass is 10.3. The summed E-state index contributed by atoms with van der Waals surface area (Å²) in [4.78, 5) is 22.4. The lowest BCUT2D eigenvalue weighted by Gasteiger charge is -2.15. The summed E-state index contributed by atoms with van der Waals surface area (Å²) < 4.78 is 6.87. The van der Waals surface area contributed by atoms with Gasteiger partial charge in [0.25, 0.3) is 0 Å². The number of aryl methyl sites for hydroxylation is 1. The molecule has 0 radical (unpaired) electrons. The molecule has 112 valence electrons. The van der Waals surface area contributed by atoms with E-state index < -0.39 is 16.6 Å². The Morgan fingerprint density at radius 1 is 1.62 bits per heavy atom. The third kappa shape index (κ3) is 4.19. The van der Waals surface area contributed by atoms with E-state index in [1.165, 1.54) is 11.8 Å². The van der Waals surface area contributed by atoms with Gasteiger partial charge in [0.15, 0.2) is 17.4 Å². The monoisotopic (exact) mass is 310 g/mol. The van der Waals surface area contributed by atoms with Gasteiger partial charge < -0.3 is 10.1 Å². The highest BCUT2D eigenvalue weighted by Crippen LogP contribution is 2.23. The Kier molecular flexibility index (Phi) is 5.15. The largest absolute Gasteiger partial charge is 0.452 e. The molecule has 0 atom stereocenters. The summed E-state index contributed by atoms with van der Waals surface area (Å²) >= 11 is 1.27. The second-order valence-corrected chi connectivity index (χ2v) is 5.62. The summed E-state index contributed by atoms with van der Waals surface area (Å²) in [6.45, 7) is 0.629. The first kappa shape index (κ1) is 15.3. The van der Waals surface area contributed by atoms with E-state index in [9.17, 15) is 14.9 Å². The van der Waals surface area contributed by atoms with E-state index in [1.54, 1.807) is 12.3 Å². The van der Waals surface area contributed by atoms with Crippen LogP contribution in [-0.4, -0.2) is 23.2 Å². The maximum absolute atomic E-state index is 12.0. The lowest BCUT2D eigenvalue weighted by molar-refractivity contribution is -0.672. The lowest BCUT2D eigenvalue weighted by Crippen LogP contribution is -2.28. The number of nitrogens with one attached hydrogen (secondary N) is 1. The van der Waals surface area contributed by atoms with Crippen molar-refractivity contribution in [1.29, 1.82) is 0 Å². The maximum Gasteiger partial charge on any atom is 0.413 e. The Morgan fingerprint density at radius 2 is 2.43 bits per heavy atom. The van der Waals surface area contributed by atoms with Crippen molar-refractivity contribution >= 4 is 17.7 Å². The minimum absolute atomic E-state index is 0.00278. The molecule has 2 rings (SSSR count). The van der Waals surface area contributed by atoms with Gasteiger partial charge in [-0.1, -0.05) is 0 Å². The molecule has 1 aromatic heterocycles. The Hall–Kier alpha value is -2.09. The zero-order valence-electron chi connectivity index (χ0n) is 11.6. The van der Waals surface area contributed by atoms with Crippen LogP contribution in [0.2, 0.25) is 0 Å². The summed E-state index contributed by atoms with van der Waals surface area (Å²) in [7, 11) is 1.85. The molecule has 8 heteroatoms. The quantitative estimate of drug-likeness (QED) is 0.290. The zero-order valence-corrected chi connectivity index (χ0v) is 12.4. The molecule has 0 amide bonds. The molecule has 7 nitrogen and oxygen atoms in total. The van der Waals surface area contributed by atoms with Crippen LogP contribution in [0.4, 0.5) is 0 Å². The number of aromatic nitrogens is 1. The van der Waals surface area contributed by atoms with Crippen LogP contribution in [0.1, 0.15) is 12.0 Å². The van der Waals surface area contributed by atoms with Crippen LogP contribution in [0.5, 0.6) is 0 Å². The van der Waals surface area contributed by atoms with Crippen molar-refractivity contribution in [2.75, 3.05) is 12.3 Å². The van der Waals surface area contributed by atoms with Crippen molar-refractivity contribution in [1.82, 2.24) is 5.32 Å². The fourth-order valence-corrected chi connectivity index (χ4v) is 2.85. The fraction of sp³-hybridized carbons (Fsp3) is 0.385. The van der Waals surface area contributed by atoms with Crippen molar-refractivity contribution in [3.63, 3.8) is 0 Å². The third-order valence-corrected chi connectivity index (χ3v) is 3.93. The number of ether oxygens (including phenoxy) is 1. The molecule has 1 saturated heterocycles. The smallest absolute Gasteiger partial charge is 0.413 e. The number of hydrogen-bond donors (Lipinski definition) is 1. The number of thioether (sulfide) groups is 1. The van der Waals surface area contributed by atoms with Crippen LogP contribution < -0.4 is 9.88 Å². The van der Waals surface area contributed by atoms with Crippen LogP contribution >= 0.6 is 11.8 Å². The molecule has 2 heterocycles. The highest BCUT2D eigenvalue weighted by atomic mass is 32.2. The van der Waals surface area contributed by atoms with E-state index in [4.69, 9.17) is 4.74 Å². The Morgan fingerprint density at radius 3 is 3.05 bits per heavy atom. The summed E-state index contributed by atoms with van der Waals surface area (Å²) in [6.07, 6.45) is 4.55. The minimum atomic E-state index is -0.914. The maximum atomic E-state index is 12.0. The number of hydrogen-bond acceptors (Lipinski definition) is 6. The Labute approximate surface area is 126 Å². The molecule has 1 aliphatic rings. The molecule has 0 unspecified atom stereocenters. The summed E-state index contributed by atoms with van der Waals surface area (Å²) in [5.41, 5.74) is 0.255. The number of carbonyl (C=O) groups excluding carboxylic acids is 1. The highest BCUT2D eigenvalue weighted by molar-refractivity contribution is 8.03. The molecular formula is C13H16N3O4S+. The molecule has 1 N–H and O–H groups in total. The van der Waals surface area contributed by atoms with E-state index in [0.29, 0.717) is 6.54 Å². The third-order valence-electron chi connectivity index (χ3n) is 2.81. The van der Waals surface area contributed by atoms with E-state index in [-0.39, 0.29) is 11.6 Å². The van der Waals surface area contributed by atoms with E-state index in [0.717, 1.165) is 17.7 Å². The zero-order chi connectivity index (χ0) is 15.2. The average molecular weight is 310 g/mol. The summed E-state index contributed by atoms with van der Waals surface area (Å²) in [5, 5.41) is 14.3. The van der Waals surface area contributed by atoms with Gasteiger partial charge in [0.1, 0.15) is 13.7 Å². The van der Waals surface area contributed by atoms with Gasteiger partial charge in [-0.15, -0.1) is 11.8 Å². The van der Waals surface area contributed by atoms with E-state index >= 15 is 0 Å². The molecule has 1 aliphatic heterocycles. The van der Waals surface area contributed by atoms with Crippen LogP contribution in [-0.2, 0) is 23.2 Å². The van der Waals surface area contributed by atoms with Gasteiger partial charge >= 0.3 is 11.7 Å². The van der Waals surface area contributed by atoms with Gasteiger partial charge in [-0.3, -0.25) is 10.1 Å². The predicted molar refractivity (Wildman–Crippen MR) is 76.5 cm³/mol. The Balaban J connectivity index is 2.07. The first-order chi connectivity index (χ1) is 10.1. The molecule has 0 saturated carbocycles. The Bertz CT molecular complexity index is 581. The molecular weight excluding hydrogens is 294 g/mol. The number of nitro groups is 1. The molecule has 1 aromatic rings. The van der Waals surface area contributed by atoms with Crippen molar-refractivity contribution in [3.05, 3.63) is 50.9 Å². The molecule has 0 spiro atoms. The van der Waals surface area contributed by atoms with Gasteiger partial charge in [-0.05, 0) is 12.5 Å². The molecule has 0 aliphatic carbocycles. The predicted octanol–water partition coefficient (Wildman–Crippen LogP) is 0.727. The second-order valence-electron chi connectivity index (χ2n) is 4.52. The van der Waals surface area contributed by atoms with Crippen LogP contribution in [0.15, 0.2) is 35.3 Å². The minimum Gasteiger partial charge on any atom is -0.452 e. The molecule has 21 heavy (non-hydrogen) atoms. The number of esters is 1. The topological polar surface area (TPSA) is 85.3 Å². The van der Waals surface area contributed by atoms with Crippen LogP contribution in [0.3, 0.4) is 0 Å². The number of nitrogens with zero attached hydrogens (tertiary/aromatic N) is 2. The van der Waals surface area contributed by atoms with Crippen molar-refractivity contribution in [2.24, 2.45) is 7.05 Å². The second kappa shape index (κ2) is 7.07. The summed E-state index contributed by atoms with van der Waals surface area (Å²) in [6, 6.07) is 3.61. The molecule has 0 aromatic carbocycles. The normalized spacial score (nSPS) is 16.8. The fourth-order valence-electron chi connectivity index (χ4n) is 1.85. The van der Waals surface area contributed by atoms with Gasteiger partial charge in [0.05, 0.1) is 10.5 Å². The van der Waals surface area contributed by atoms with Crippen molar-refractivity contribution in [3.8, 4) is 0 Å². The first-order valence-corrected chi connectivity index (χ1v) is 7.43. The van der Waals surface area contributed by atoms with Crippen LogP contribution in [0, 0.1) is 10.1 Å². The number of pyridine rings is 1. The first-order valence-electron chi connectivity index (χ1n) is 6.44. The SMILES string of the molecule is C[n+]1cccc(COC(=O)C(=C2NCCCS2)[N+](=O)[O-])c1. The van der Waals surface area contributed by atoms with Crippen molar-refractivity contribution < 1.29 is 19.0 Å². The van der Waals surface area contributed by atoms with Gasteiger partial charge in [-0.25, -0.2) is 9.36 Å². The van der Waals surface area contributed by atoms with Gasteiger partial charge in [-0.2, -0.15) is 0 Å². The van der Waals surface area contributed by atoms with E-state index in [2.05, 4.69) is 5.32 Å². The van der Waals surface area contributed by atoms with Gasteiger partial charge in [0, 0.05) is 18.4 Å². The van der Waals surface area contributed by atoms with Crippen molar-refractivity contribution in [2.45, 2.75) is 13.0 Å². The summed E-state index contributed by atoms with van der Waals surface area (Å²) in [5.74, 6) is -0.162. The number of carbonyl (C=O) groups is 1. The van der Waals surface area contributed by atoms with Crippen LogP contribution in [0.25, 0.3) is 0 Å². The average Bonchev–Trinajstić information content (AvgIpc) is 2.46. The van der Waals surface area contributed by atoms with Gasteiger partial charge in [0.2, 0.25) is 0 Å². The standard InChI is InChI=1S/C13H15N3O4S/c1-15-6-2-4-10(8-15)9-20-13(17)11(16(18)19)12-14-5-3-7-21-12/h2,4,6,8H,3,5,7,9H2,1H3/p+1. The molecule has 1 fully saturated rings. The highest BCUT2D eigenvalue weighted by Gasteiger charge is 2.31. The number of rotatable bonds is 4.